The summed E-state index contributed by atoms with van der Waals surface area (Å²) in [7, 11) is 0. The van der Waals surface area contributed by atoms with Crippen LogP contribution in [0.3, 0.4) is 0 Å². The summed E-state index contributed by atoms with van der Waals surface area (Å²) < 4.78 is 5.78. The molecule has 2 nitrogen and oxygen atoms in total. The first-order valence-electron chi connectivity index (χ1n) is 6.49. The fourth-order valence-corrected chi connectivity index (χ4v) is 3.08. The van der Waals surface area contributed by atoms with Gasteiger partial charge in [0.15, 0.2) is 0 Å². The van der Waals surface area contributed by atoms with E-state index in [1.54, 1.807) is 6.07 Å². The van der Waals surface area contributed by atoms with Crippen LogP contribution in [-0.2, 0) is 12.8 Å². The van der Waals surface area contributed by atoms with Crippen molar-refractivity contribution in [3.63, 3.8) is 0 Å². The number of rotatable bonds is 2. The molecule has 0 saturated heterocycles. The molecular weight excluding hydrogens is 293 g/mol. The fourth-order valence-electron chi connectivity index (χ4n) is 2.60. The van der Waals surface area contributed by atoms with Gasteiger partial charge in [-0.05, 0) is 42.2 Å². The minimum absolute atomic E-state index is 0.439. The summed E-state index contributed by atoms with van der Waals surface area (Å²) in [6.07, 6.45) is 1.44. The van der Waals surface area contributed by atoms with E-state index in [4.69, 9.17) is 33.7 Å². The molecule has 0 spiro atoms. The summed E-state index contributed by atoms with van der Waals surface area (Å²) in [6, 6.07) is 13.5. The van der Waals surface area contributed by atoms with E-state index in [-0.39, 0.29) is 0 Å². The lowest BCUT2D eigenvalue weighted by atomic mass is 9.84. The van der Waals surface area contributed by atoms with Crippen LogP contribution >= 0.6 is 23.2 Å². The smallest absolute Gasteiger partial charge is 0.122 e. The topological polar surface area (TPSA) is 35.2 Å². The average molecular weight is 308 g/mol. The SMILES string of the molecule is NC1(Cc2ccc(Cl)cc2Cl)COc2ccccc2C1. The number of halogens is 2. The quantitative estimate of drug-likeness (QED) is 0.914. The zero-order valence-electron chi connectivity index (χ0n) is 10.9. The highest BCUT2D eigenvalue weighted by Crippen LogP contribution is 2.31. The van der Waals surface area contributed by atoms with Gasteiger partial charge >= 0.3 is 0 Å². The molecule has 1 aliphatic rings. The summed E-state index contributed by atoms with van der Waals surface area (Å²) in [4.78, 5) is 0. The molecular formula is C16H15Cl2NO. The zero-order valence-corrected chi connectivity index (χ0v) is 12.4. The van der Waals surface area contributed by atoms with Gasteiger partial charge in [0.1, 0.15) is 12.4 Å². The first kappa shape index (κ1) is 13.7. The molecule has 20 heavy (non-hydrogen) atoms. The van der Waals surface area contributed by atoms with Gasteiger partial charge in [0.25, 0.3) is 0 Å². The van der Waals surface area contributed by atoms with E-state index < -0.39 is 5.54 Å². The Bertz CT molecular complexity index is 644. The van der Waals surface area contributed by atoms with Crippen molar-refractivity contribution in [1.29, 1.82) is 0 Å². The molecule has 1 unspecified atom stereocenters. The lowest BCUT2D eigenvalue weighted by Crippen LogP contribution is -2.51. The highest BCUT2D eigenvalue weighted by atomic mass is 35.5. The van der Waals surface area contributed by atoms with E-state index >= 15 is 0 Å². The molecule has 2 aromatic carbocycles. The van der Waals surface area contributed by atoms with E-state index in [1.165, 1.54) is 0 Å². The molecule has 0 aromatic heterocycles. The van der Waals surface area contributed by atoms with Gasteiger partial charge in [-0.25, -0.2) is 0 Å². The summed E-state index contributed by atoms with van der Waals surface area (Å²) in [6.45, 7) is 0.489. The molecule has 0 fully saturated rings. The van der Waals surface area contributed by atoms with Crippen LogP contribution in [-0.4, -0.2) is 12.1 Å². The van der Waals surface area contributed by atoms with Crippen LogP contribution in [0.5, 0.6) is 5.75 Å². The molecule has 1 atom stereocenters. The molecule has 0 bridgehead atoms. The Labute approximate surface area is 128 Å². The van der Waals surface area contributed by atoms with Crippen molar-refractivity contribution in [2.75, 3.05) is 6.61 Å². The third kappa shape index (κ3) is 2.78. The highest BCUT2D eigenvalue weighted by molar-refractivity contribution is 6.35. The second-order valence-corrected chi connectivity index (χ2v) is 6.19. The number of hydrogen-bond acceptors (Lipinski definition) is 2. The number of ether oxygens (including phenoxy) is 1. The van der Waals surface area contributed by atoms with Gasteiger partial charge in [-0.1, -0.05) is 47.5 Å². The summed E-state index contributed by atoms with van der Waals surface area (Å²) in [5.41, 5.74) is 8.20. The van der Waals surface area contributed by atoms with Crippen LogP contribution in [0, 0.1) is 0 Å². The maximum absolute atomic E-state index is 6.50. The monoisotopic (exact) mass is 307 g/mol. The Kier molecular flexibility index (Phi) is 3.63. The lowest BCUT2D eigenvalue weighted by molar-refractivity contribution is 0.190. The Hall–Kier alpha value is -1.22. The lowest BCUT2D eigenvalue weighted by Gasteiger charge is -2.35. The highest BCUT2D eigenvalue weighted by Gasteiger charge is 2.32. The Morgan fingerprint density at radius 1 is 1.15 bits per heavy atom. The predicted molar refractivity (Wildman–Crippen MR) is 82.7 cm³/mol. The van der Waals surface area contributed by atoms with Crippen molar-refractivity contribution < 1.29 is 4.74 Å². The van der Waals surface area contributed by atoms with Crippen molar-refractivity contribution >= 4 is 23.2 Å². The van der Waals surface area contributed by atoms with Gasteiger partial charge < -0.3 is 10.5 Å². The van der Waals surface area contributed by atoms with Crippen LogP contribution in [0.1, 0.15) is 11.1 Å². The number of nitrogens with two attached hydrogens (primary N) is 1. The third-order valence-corrected chi connectivity index (χ3v) is 4.17. The van der Waals surface area contributed by atoms with Crippen LogP contribution in [0.4, 0.5) is 0 Å². The minimum atomic E-state index is -0.439. The Morgan fingerprint density at radius 3 is 2.75 bits per heavy atom. The summed E-state index contributed by atoms with van der Waals surface area (Å²) >= 11 is 12.2. The van der Waals surface area contributed by atoms with Gasteiger partial charge in [-0.3, -0.25) is 0 Å². The molecule has 0 saturated carbocycles. The maximum atomic E-state index is 6.50. The molecule has 4 heteroatoms. The van der Waals surface area contributed by atoms with Gasteiger partial charge in [-0.15, -0.1) is 0 Å². The molecule has 0 radical (unpaired) electrons. The van der Waals surface area contributed by atoms with Gasteiger partial charge in [0, 0.05) is 10.0 Å². The van der Waals surface area contributed by atoms with E-state index in [1.807, 2.05) is 30.3 Å². The summed E-state index contributed by atoms with van der Waals surface area (Å²) in [5.74, 6) is 0.927. The number of benzene rings is 2. The van der Waals surface area contributed by atoms with Crippen molar-refractivity contribution in [2.24, 2.45) is 5.73 Å². The number of fused-ring (bicyclic) bond motifs is 1. The van der Waals surface area contributed by atoms with Gasteiger partial charge in [-0.2, -0.15) is 0 Å². The molecule has 1 heterocycles. The molecule has 0 amide bonds. The molecule has 2 aromatic rings. The summed E-state index contributed by atoms with van der Waals surface area (Å²) in [5, 5.41) is 1.29. The van der Waals surface area contributed by atoms with E-state index in [0.717, 1.165) is 23.3 Å². The molecule has 2 N–H and O–H groups in total. The number of para-hydroxylation sites is 1. The normalized spacial score (nSPS) is 21.1. The van der Waals surface area contributed by atoms with E-state index in [9.17, 15) is 0 Å². The van der Waals surface area contributed by atoms with Crippen molar-refractivity contribution in [3.8, 4) is 5.75 Å². The van der Waals surface area contributed by atoms with Crippen molar-refractivity contribution in [1.82, 2.24) is 0 Å². The zero-order chi connectivity index (χ0) is 14.2. The predicted octanol–water partition coefficient (Wildman–Crippen LogP) is 3.87. The van der Waals surface area contributed by atoms with Gasteiger partial charge in [0.05, 0.1) is 5.54 Å². The standard InChI is InChI=1S/C16H15Cl2NO/c17-13-6-5-11(14(18)7-13)8-16(19)9-12-3-1-2-4-15(12)20-10-16/h1-7H,8-10,19H2. The molecule has 104 valence electrons. The largest absolute Gasteiger partial charge is 0.491 e. The van der Waals surface area contributed by atoms with Crippen LogP contribution < -0.4 is 10.5 Å². The van der Waals surface area contributed by atoms with E-state index in [0.29, 0.717) is 23.1 Å². The fraction of sp³-hybridized carbons (Fsp3) is 0.250. The third-order valence-electron chi connectivity index (χ3n) is 3.59. The second-order valence-electron chi connectivity index (χ2n) is 5.35. The van der Waals surface area contributed by atoms with Crippen LogP contribution in [0.15, 0.2) is 42.5 Å². The van der Waals surface area contributed by atoms with Crippen LogP contribution in [0.2, 0.25) is 10.0 Å². The minimum Gasteiger partial charge on any atom is -0.491 e. The van der Waals surface area contributed by atoms with Crippen LogP contribution in [0.25, 0.3) is 0 Å². The van der Waals surface area contributed by atoms with Crippen molar-refractivity contribution in [3.05, 3.63) is 63.6 Å². The molecule has 1 aliphatic heterocycles. The first-order chi connectivity index (χ1) is 9.56. The van der Waals surface area contributed by atoms with E-state index in [2.05, 4.69) is 6.07 Å². The van der Waals surface area contributed by atoms with Crippen molar-refractivity contribution in [2.45, 2.75) is 18.4 Å². The Balaban J connectivity index is 1.84. The number of hydrogen-bond donors (Lipinski definition) is 1. The Morgan fingerprint density at radius 2 is 1.95 bits per heavy atom. The maximum Gasteiger partial charge on any atom is 0.122 e. The van der Waals surface area contributed by atoms with Gasteiger partial charge in [0.2, 0.25) is 0 Å². The molecule has 0 aliphatic carbocycles. The first-order valence-corrected chi connectivity index (χ1v) is 7.25. The average Bonchev–Trinajstić information content (AvgIpc) is 2.42. The molecule has 3 rings (SSSR count). The second kappa shape index (κ2) is 5.28.